The van der Waals surface area contributed by atoms with E-state index in [2.05, 4.69) is 27.4 Å². The van der Waals surface area contributed by atoms with E-state index in [1.54, 1.807) is 19.6 Å². The zero-order chi connectivity index (χ0) is 26.2. The Morgan fingerprint density at radius 3 is 2.71 bits per heavy atom. The van der Waals surface area contributed by atoms with Crippen molar-refractivity contribution < 1.29 is 9.13 Å². The van der Waals surface area contributed by atoms with Gasteiger partial charge in [0.25, 0.3) is 0 Å². The predicted molar refractivity (Wildman–Crippen MR) is 146 cm³/mol. The lowest BCUT2D eigenvalue weighted by Crippen LogP contribution is -2.34. The van der Waals surface area contributed by atoms with Gasteiger partial charge in [-0.2, -0.15) is 4.98 Å². The third-order valence-electron chi connectivity index (χ3n) is 7.21. The van der Waals surface area contributed by atoms with E-state index in [-0.39, 0.29) is 11.9 Å². The zero-order valence-corrected chi connectivity index (χ0v) is 22.0. The number of ether oxygens (including phenoxy) is 1. The largest absolute Gasteiger partial charge is 0.494 e. The average Bonchev–Trinajstić information content (AvgIpc) is 3.56. The summed E-state index contributed by atoms with van der Waals surface area (Å²) >= 11 is 6.01. The van der Waals surface area contributed by atoms with Crippen LogP contribution in [0.2, 0.25) is 5.15 Å². The number of benzene rings is 2. The third-order valence-corrected chi connectivity index (χ3v) is 7.40. The van der Waals surface area contributed by atoms with E-state index in [1.165, 1.54) is 12.1 Å². The fourth-order valence-electron chi connectivity index (χ4n) is 5.31. The molecular weight excluding hydrogens is 505 g/mol. The molecule has 2 N–H and O–H groups in total. The highest BCUT2D eigenvalue weighted by molar-refractivity contribution is 6.29. The summed E-state index contributed by atoms with van der Waals surface area (Å²) in [6.45, 7) is 5.01. The summed E-state index contributed by atoms with van der Waals surface area (Å²) in [6.07, 6.45) is 5.35. The Morgan fingerprint density at radius 1 is 1.16 bits per heavy atom. The molecule has 4 heterocycles. The summed E-state index contributed by atoms with van der Waals surface area (Å²) < 4.78 is 21.1. The van der Waals surface area contributed by atoms with Gasteiger partial charge in [0.15, 0.2) is 0 Å². The number of anilines is 3. The van der Waals surface area contributed by atoms with Crippen LogP contribution < -0.4 is 20.3 Å². The molecule has 8 nitrogen and oxygen atoms in total. The lowest BCUT2D eigenvalue weighted by molar-refractivity contribution is 0.413. The van der Waals surface area contributed by atoms with Crippen LogP contribution in [-0.2, 0) is 6.42 Å². The molecule has 0 saturated carbocycles. The van der Waals surface area contributed by atoms with E-state index >= 15 is 0 Å². The van der Waals surface area contributed by atoms with Crippen LogP contribution in [-0.4, -0.2) is 46.3 Å². The van der Waals surface area contributed by atoms with Crippen LogP contribution in [0.3, 0.4) is 0 Å². The van der Waals surface area contributed by atoms with E-state index in [9.17, 15) is 4.39 Å². The molecule has 2 atom stereocenters. The van der Waals surface area contributed by atoms with Gasteiger partial charge in [-0.15, -0.1) is 0 Å². The van der Waals surface area contributed by atoms with Crippen LogP contribution in [0.5, 0.6) is 5.75 Å². The number of nitrogens with one attached hydrogen (secondary N) is 2. The smallest absolute Gasteiger partial charge is 0.229 e. The number of aromatic nitrogens is 4. The Balaban J connectivity index is 1.39. The Labute approximate surface area is 225 Å². The van der Waals surface area contributed by atoms with Gasteiger partial charge in [-0.3, -0.25) is 0 Å². The summed E-state index contributed by atoms with van der Waals surface area (Å²) in [4.78, 5) is 16.5. The summed E-state index contributed by atoms with van der Waals surface area (Å²) in [6, 6.07) is 12.3. The predicted octanol–water partition coefficient (Wildman–Crippen LogP) is 5.29. The number of methoxy groups -OCH3 is 1. The minimum absolute atomic E-state index is 0.149. The van der Waals surface area contributed by atoms with Crippen molar-refractivity contribution >= 4 is 29.1 Å². The van der Waals surface area contributed by atoms with Crippen LogP contribution in [0.25, 0.3) is 5.69 Å². The monoisotopic (exact) mass is 533 g/mol. The van der Waals surface area contributed by atoms with Crippen LogP contribution in [0.4, 0.5) is 21.8 Å². The second-order valence-corrected chi connectivity index (χ2v) is 10.3. The van der Waals surface area contributed by atoms with Crippen molar-refractivity contribution in [1.29, 1.82) is 0 Å². The van der Waals surface area contributed by atoms with E-state index < -0.39 is 0 Å². The maximum absolute atomic E-state index is 13.7. The fraction of sp³-hybridized carbons (Fsp3) is 0.321. The first-order valence-corrected chi connectivity index (χ1v) is 13.2. The van der Waals surface area contributed by atoms with E-state index in [4.69, 9.17) is 26.3 Å². The van der Waals surface area contributed by atoms with Gasteiger partial charge >= 0.3 is 0 Å². The molecule has 1 unspecified atom stereocenters. The SMILES string of the molecule is COc1cc(Nc2nc3c(c(N4CC[C@@H](C)C4)n2)CCNC3c2ccc(F)cc2)ccc1-n1cnc(Cl)c1. The van der Waals surface area contributed by atoms with Crippen molar-refractivity contribution in [2.75, 3.05) is 37.0 Å². The average molecular weight is 534 g/mol. The highest BCUT2D eigenvalue weighted by atomic mass is 35.5. The quantitative estimate of drug-likeness (QED) is 0.348. The molecule has 0 bridgehead atoms. The second-order valence-electron chi connectivity index (χ2n) is 9.88. The van der Waals surface area contributed by atoms with Gasteiger partial charge in [-0.1, -0.05) is 30.7 Å². The Bertz CT molecular complexity index is 1460. The summed E-state index contributed by atoms with van der Waals surface area (Å²) in [5.74, 6) is 2.50. The molecule has 1 saturated heterocycles. The van der Waals surface area contributed by atoms with Gasteiger partial charge in [0.2, 0.25) is 5.95 Å². The summed E-state index contributed by atoms with van der Waals surface area (Å²) in [7, 11) is 1.63. The van der Waals surface area contributed by atoms with Crippen LogP contribution in [0.1, 0.15) is 36.2 Å². The first-order chi connectivity index (χ1) is 18.5. The molecule has 0 aliphatic carbocycles. The summed E-state index contributed by atoms with van der Waals surface area (Å²) in [5.41, 5.74) is 4.66. The molecule has 2 aromatic heterocycles. The Morgan fingerprint density at radius 2 is 2.00 bits per heavy atom. The van der Waals surface area contributed by atoms with E-state index in [0.717, 1.165) is 66.5 Å². The molecule has 4 aromatic rings. The lowest BCUT2D eigenvalue weighted by Gasteiger charge is -2.31. The molecule has 2 aliphatic heterocycles. The van der Waals surface area contributed by atoms with Crippen molar-refractivity contribution in [3.8, 4) is 11.4 Å². The Hall–Kier alpha value is -3.69. The number of fused-ring (bicyclic) bond motifs is 1. The first-order valence-electron chi connectivity index (χ1n) is 12.8. The fourth-order valence-corrected chi connectivity index (χ4v) is 5.46. The third kappa shape index (κ3) is 4.79. The number of nitrogens with zero attached hydrogens (tertiary/aromatic N) is 5. The molecule has 6 rings (SSSR count). The highest BCUT2D eigenvalue weighted by Crippen LogP contribution is 2.36. The van der Waals surface area contributed by atoms with Crippen molar-refractivity contribution in [2.45, 2.75) is 25.8 Å². The van der Waals surface area contributed by atoms with Gasteiger partial charge in [0.05, 0.1) is 24.5 Å². The molecular formula is C28H29ClFN7O. The molecule has 10 heteroatoms. The van der Waals surface area contributed by atoms with Crippen LogP contribution >= 0.6 is 11.6 Å². The standard InChI is InChI=1S/C28H29ClFN7O/c1-17-10-12-36(14-17)27-21-9-11-31-25(18-3-5-19(30)6-4-18)26(21)34-28(35-27)33-20-7-8-22(23(13-20)38-2)37-15-24(29)32-16-37/h3-8,13,15-17,25,31H,9-12,14H2,1-2H3,(H,33,34,35)/t17-,25?/m1/s1. The second kappa shape index (κ2) is 10.2. The number of rotatable bonds is 6. The maximum Gasteiger partial charge on any atom is 0.229 e. The number of hydrogen-bond acceptors (Lipinski definition) is 7. The number of imidazole rings is 1. The molecule has 0 radical (unpaired) electrons. The van der Waals surface area contributed by atoms with Crippen molar-refractivity contribution in [1.82, 2.24) is 24.8 Å². The first kappa shape index (κ1) is 24.6. The topological polar surface area (TPSA) is 80.1 Å². The van der Waals surface area contributed by atoms with Crippen molar-refractivity contribution in [3.63, 3.8) is 0 Å². The van der Waals surface area contributed by atoms with Gasteiger partial charge in [-0.25, -0.2) is 14.4 Å². The normalized spacial score (nSPS) is 18.9. The van der Waals surface area contributed by atoms with E-state index in [0.29, 0.717) is 22.8 Å². The van der Waals surface area contributed by atoms with Crippen molar-refractivity contribution in [3.05, 3.63) is 82.8 Å². The highest BCUT2D eigenvalue weighted by Gasteiger charge is 2.31. The number of hydrogen-bond donors (Lipinski definition) is 2. The summed E-state index contributed by atoms with van der Waals surface area (Å²) in [5, 5.41) is 7.38. The van der Waals surface area contributed by atoms with E-state index in [1.807, 2.05) is 34.9 Å². The molecule has 2 aliphatic rings. The minimum atomic E-state index is -0.253. The molecule has 0 amide bonds. The molecule has 0 spiro atoms. The minimum Gasteiger partial charge on any atom is -0.494 e. The Kier molecular flexibility index (Phi) is 6.63. The molecule has 38 heavy (non-hydrogen) atoms. The van der Waals surface area contributed by atoms with Crippen LogP contribution in [0, 0.1) is 11.7 Å². The zero-order valence-electron chi connectivity index (χ0n) is 21.3. The molecule has 1 fully saturated rings. The molecule has 2 aromatic carbocycles. The molecule has 196 valence electrons. The van der Waals surface area contributed by atoms with Crippen molar-refractivity contribution in [2.24, 2.45) is 5.92 Å². The van der Waals surface area contributed by atoms with Crippen LogP contribution in [0.15, 0.2) is 55.0 Å². The lowest BCUT2D eigenvalue weighted by atomic mass is 9.94. The van der Waals surface area contributed by atoms with Gasteiger partial charge < -0.3 is 24.8 Å². The maximum atomic E-state index is 13.7. The van der Waals surface area contributed by atoms with Gasteiger partial charge in [0.1, 0.15) is 28.9 Å². The number of halogens is 2. The van der Waals surface area contributed by atoms with Gasteiger partial charge in [0, 0.05) is 43.1 Å². The van der Waals surface area contributed by atoms with Gasteiger partial charge in [-0.05, 0) is 48.6 Å².